The van der Waals surface area contributed by atoms with Crippen molar-refractivity contribution in [3.63, 3.8) is 0 Å². The van der Waals surface area contributed by atoms with Gasteiger partial charge in [-0.3, -0.25) is 0 Å². The monoisotopic (exact) mass is 729 g/mol. The summed E-state index contributed by atoms with van der Waals surface area (Å²) in [6.07, 6.45) is 7.69. The van der Waals surface area contributed by atoms with Crippen LogP contribution in [0.15, 0.2) is 189 Å². The van der Waals surface area contributed by atoms with Crippen LogP contribution >= 0.6 is 0 Å². The first-order valence-corrected chi connectivity index (χ1v) is 19.3. The van der Waals surface area contributed by atoms with Gasteiger partial charge in [-0.1, -0.05) is 140 Å². The molecule has 11 rings (SSSR count). The minimum atomic E-state index is 0.597. The van der Waals surface area contributed by atoms with Gasteiger partial charge in [-0.2, -0.15) is 0 Å². The van der Waals surface area contributed by atoms with Crippen molar-refractivity contribution < 1.29 is 0 Å². The van der Waals surface area contributed by atoms with Crippen molar-refractivity contribution >= 4 is 65.5 Å². The highest BCUT2D eigenvalue weighted by molar-refractivity contribution is 6.33. The third-order valence-corrected chi connectivity index (χ3v) is 11.2. The summed E-state index contributed by atoms with van der Waals surface area (Å²) >= 11 is 0. The topological polar surface area (TPSA) is 48.0 Å². The lowest BCUT2D eigenvalue weighted by atomic mass is 9.99. The van der Waals surface area contributed by atoms with Gasteiger partial charge in [0.2, 0.25) is 0 Å². The molecule has 5 nitrogen and oxygen atoms in total. The number of aromatic nitrogens is 5. The molecule has 0 aliphatic rings. The van der Waals surface area contributed by atoms with E-state index in [1.165, 1.54) is 59.9 Å². The molecule has 57 heavy (non-hydrogen) atoms. The maximum absolute atomic E-state index is 5.03. The van der Waals surface area contributed by atoms with Gasteiger partial charge in [-0.25, -0.2) is 15.0 Å². The molecule has 4 aromatic heterocycles. The van der Waals surface area contributed by atoms with Gasteiger partial charge >= 0.3 is 0 Å². The Bertz CT molecular complexity index is 3420. The van der Waals surface area contributed by atoms with Crippen molar-refractivity contribution in [2.75, 3.05) is 0 Å². The first-order chi connectivity index (χ1) is 28.2. The average Bonchev–Trinajstić information content (AvgIpc) is 3.92. The molecule has 0 bridgehead atoms. The molecule has 4 heterocycles. The number of benzene rings is 7. The number of fused-ring (bicyclic) bond motifs is 10. The Morgan fingerprint density at radius 2 is 1.14 bits per heavy atom. The fourth-order valence-corrected chi connectivity index (χ4v) is 8.76. The highest BCUT2D eigenvalue weighted by Crippen LogP contribution is 2.45. The molecule has 0 amide bonds. The van der Waals surface area contributed by atoms with Gasteiger partial charge in [-0.05, 0) is 66.6 Å². The summed E-state index contributed by atoms with van der Waals surface area (Å²) in [6, 6.07) is 56.3. The molecular weight excluding hydrogens is 695 g/mol. The Kier molecular flexibility index (Phi) is 7.47. The van der Waals surface area contributed by atoms with E-state index in [4.69, 9.17) is 15.0 Å². The first kappa shape index (κ1) is 32.8. The van der Waals surface area contributed by atoms with Crippen LogP contribution in [-0.2, 0) is 0 Å². The van der Waals surface area contributed by atoms with Crippen LogP contribution in [0.1, 0.15) is 12.7 Å². The number of rotatable bonds is 7. The van der Waals surface area contributed by atoms with E-state index in [1.54, 1.807) is 6.08 Å². The molecule has 0 radical (unpaired) electrons. The van der Waals surface area contributed by atoms with Crippen molar-refractivity contribution in [1.82, 2.24) is 23.9 Å². The molecule has 11 aromatic rings. The molecule has 5 heteroatoms. The van der Waals surface area contributed by atoms with Crippen LogP contribution < -0.4 is 0 Å². The van der Waals surface area contributed by atoms with Gasteiger partial charge in [0.05, 0.1) is 27.6 Å². The lowest BCUT2D eigenvalue weighted by molar-refractivity contribution is 1.04. The number of allylic oxidation sites excluding steroid dienone is 5. The number of hydrogen-bond acceptors (Lipinski definition) is 3. The van der Waals surface area contributed by atoms with Crippen LogP contribution in [0.2, 0.25) is 0 Å². The molecule has 268 valence electrons. The SMILES string of the molecule is C=C/C=C(\C=C/C)c1nc(-c2ccccc2)nc(-c2cccc(-c3ccc4c(c3)c3c5c6cccc7c8ccccc8n(c5ccc3n4-c3ccccc3)c76)c2)n1. The number of para-hydroxylation sites is 3. The molecule has 0 fully saturated rings. The van der Waals surface area contributed by atoms with Crippen LogP contribution in [0.4, 0.5) is 0 Å². The minimum absolute atomic E-state index is 0.597. The second-order valence-corrected chi connectivity index (χ2v) is 14.4. The molecule has 0 unspecified atom stereocenters. The largest absolute Gasteiger partial charge is 0.309 e. The lowest BCUT2D eigenvalue weighted by Gasteiger charge is -2.10. The summed E-state index contributed by atoms with van der Waals surface area (Å²) in [4.78, 5) is 15.0. The summed E-state index contributed by atoms with van der Waals surface area (Å²) in [5.74, 6) is 1.83. The van der Waals surface area contributed by atoms with E-state index in [2.05, 4.69) is 143 Å². The average molecular weight is 730 g/mol. The standard InChI is InChI=1S/C52H35N5/c1-3-15-33(16-4-2)50-53-51(34-17-7-5-8-18-34)55-52(54-50)37-20-13-19-35(31-37)36-27-28-44-42(32-36)48-45(56(44)38-21-9-6-10-22-38)29-30-46-47(48)41-25-14-24-40-39-23-11-12-26-43(39)57(46)49(40)41/h3-32H,1H2,2H3/b16-4-,33-15+. The zero-order valence-corrected chi connectivity index (χ0v) is 31.3. The van der Waals surface area contributed by atoms with Gasteiger partial charge in [0.1, 0.15) is 0 Å². The number of hydrogen-bond donors (Lipinski definition) is 0. The van der Waals surface area contributed by atoms with Gasteiger partial charge in [0.25, 0.3) is 0 Å². The highest BCUT2D eigenvalue weighted by Gasteiger charge is 2.23. The quantitative estimate of drug-likeness (QED) is 0.153. The predicted octanol–water partition coefficient (Wildman–Crippen LogP) is 13.3. The normalized spacial score (nSPS) is 12.4. The molecule has 0 atom stereocenters. The second kappa shape index (κ2) is 13.0. The molecule has 0 aliphatic carbocycles. The third-order valence-electron chi connectivity index (χ3n) is 11.2. The lowest BCUT2D eigenvalue weighted by Crippen LogP contribution is -2.02. The van der Waals surface area contributed by atoms with E-state index in [-0.39, 0.29) is 0 Å². The molecule has 0 spiro atoms. The molecular formula is C52H35N5. The van der Waals surface area contributed by atoms with Crippen LogP contribution in [0.5, 0.6) is 0 Å². The second-order valence-electron chi connectivity index (χ2n) is 14.4. The smallest absolute Gasteiger partial charge is 0.164 e. The summed E-state index contributed by atoms with van der Waals surface area (Å²) in [5, 5.41) is 7.58. The highest BCUT2D eigenvalue weighted by atomic mass is 15.0. The van der Waals surface area contributed by atoms with Crippen molar-refractivity contribution in [1.29, 1.82) is 0 Å². The minimum Gasteiger partial charge on any atom is -0.309 e. The van der Waals surface area contributed by atoms with E-state index in [0.29, 0.717) is 17.5 Å². The zero-order chi connectivity index (χ0) is 38.0. The van der Waals surface area contributed by atoms with Gasteiger partial charge in [0.15, 0.2) is 17.5 Å². The van der Waals surface area contributed by atoms with Gasteiger partial charge in [-0.15, -0.1) is 0 Å². The van der Waals surface area contributed by atoms with E-state index in [9.17, 15) is 0 Å². The third kappa shape index (κ3) is 5.06. The Balaban J connectivity index is 1.15. The van der Waals surface area contributed by atoms with Crippen molar-refractivity contribution in [2.24, 2.45) is 0 Å². The van der Waals surface area contributed by atoms with Crippen LogP contribution in [0.3, 0.4) is 0 Å². The first-order valence-electron chi connectivity index (χ1n) is 19.3. The molecule has 0 aliphatic heterocycles. The summed E-state index contributed by atoms with van der Waals surface area (Å²) < 4.78 is 4.88. The Morgan fingerprint density at radius 1 is 0.509 bits per heavy atom. The molecule has 0 N–H and O–H groups in total. The Morgan fingerprint density at radius 3 is 1.96 bits per heavy atom. The van der Waals surface area contributed by atoms with Crippen molar-refractivity contribution in [2.45, 2.75) is 6.92 Å². The maximum atomic E-state index is 5.03. The molecule has 7 aromatic carbocycles. The van der Waals surface area contributed by atoms with Crippen molar-refractivity contribution in [3.05, 3.63) is 194 Å². The van der Waals surface area contributed by atoms with E-state index >= 15 is 0 Å². The van der Waals surface area contributed by atoms with E-state index in [1.807, 2.05) is 55.5 Å². The zero-order valence-electron chi connectivity index (χ0n) is 31.3. The van der Waals surface area contributed by atoms with Gasteiger partial charge in [0, 0.05) is 54.7 Å². The van der Waals surface area contributed by atoms with Gasteiger partial charge < -0.3 is 8.97 Å². The van der Waals surface area contributed by atoms with Crippen LogP contribution in [-0.4, -0.2) is 23.9 Å². The van der Waals surface area contributed by atoms with Crippen molar-refractivity contribution in [3.8, 4) is 39.6 Å². The number of nitrogens with zero attached hydrogens (tertiary/aromatic N) is 5. The van der Waals surface area contributed by atoms with Crippen LogP contribution in [0, 0.1) is 0 Å². The fraction of sp³-hybridized carbons (Fsp3) is 0.0192. The fourth-order valence-electron chi connectivity index (χ4n) is 8.76. The molecule has 0 saturated carbocycles. The summed E-state index contributed by atoms with van der Waals surface area (Å²) in [5.41, 5.74) is 12.1. The van der Waals surface area contributed by atoms with Crippen LogP contribution in [0.25, 0.3) is 105 Å². The maximum Gasteiger partial charge on any atom is 0.164 e. The predicted molar refractivity (Wildman–Crippen MR) is 238 cm³/mol. The Labute approximate surface area is 329 Å². The van der Waals surface area contributed by atoms with E-state index < -0.39 is 0 Å². The van der Waals surface area contributed by atoms with E-state index in [0.717, 1.165) is 33.5 Å². The summed E-state index contributed by atoms with van der Waals surface area (Å²) in [7, 11) is 0. The molecule has 0 saturated heterocycles. The summed E-state index contributed by atoms with van der Waals surface area (Å²) in [6.45, 7) is 5.93. The Hall–Kier alpha value is -7.63.